The van der Waals surface area contributed by atoms with E-state index in [0.29, 0.717) is 11.5 Å². The number of aliphatic hydroxyl groups is 1. The van der Waals surface area contributed by atoms with E-state index in [2.05, 4.69) is 5.32 Å². The van der Waals surface area contributed by atoms with Gasteiger partial charge in [-0.2, -0.15) is 0 Å². The molecule has 2 aliphatic rings. The van der Waals surface area contributed by atoms with Crippen molar-refractivity contribution >= 4 is 11.9 Å². The zero-order chi connectivity index (χ0) is 28.3. The molecule has 9 heteroatoms. The van der Waals surface area contributed by atoms with Crippen molar-refractivity contribution in [3.05, 3.63) is 95.6 Å². The fourth-order valence-corrected chi connectivity index (χ4v) is 5.51. The van der Waals surface area contributed by atoms with Crippen LogP contribution in [-0.4, -0.2) is 67.8 Å². The largest absolute Gasteiger partial charge is 0.493 e. The summed E-state index contributed by atoms with van der Waals surface area (Å²) in [6.45, 7) is 1.97. The van der Waals surface area contributed by atoms with Gasteiger partial charge in [0, 0.05) is 18.5 Å². The van der Waals surface area contributed by atoms with Crippen molar-refractivity contribution in [1.29, 1.82) is 0 Å². The van der Waals surface area contributed by atoms with E-state index in [1.807, 2.05) is 78.9 Å². The molecule has 9 nitrogen and oxygen atoms in total. The highest BCUT2D eigenvalue weighted by atomic mass is 16.6. The standard InChI is InChI=1S/C31H34N2O7/c1-20-18-33(30(36)32-29(20)35)27-17-24(34)26(40-27)19-39-31(21-11-6-4-7-12-21,22-13-8-5-9-14-22)23-15-10-16-25(37-2)28(23)38-3/h4-16,20,24,26-27,34H,17-19H2,1-3H3,(H,32,35,36). The summed E-state index contributed by atoms with van der Waals surface area (Å²) >= 11 is 0. The molecule has 3 aromatic carbocycles. The topological polar surface area (TPSA) is 107 Å². The van der Waals surface area contributed by atoms with Crippen molar-refractivity contribution in [3.8, 4) is 11.5 Å². The minimum Gasteiger partial charge on any atom is -0.493 e. The Balaban J connectivity index is 1.53. The van der Waals surface area contributed by atoms with Crippen LogP contribution in [0.4, 0.5) is 4.79 Å². The van der Waals surface area contributed by atoms with Crippen molar-refractivity contribution < 1.29 is 33.6 Å². The average molecular weight is 547 g/mol. The molecule has 3 aromatic rings. The van der Waals surface area contributed by atoms with Crippen molar-refractivity contribution in [1.82, 2.24) is 10.2 Å². The highest BCUT2D eigenvalue weighted by Crippen LogP contribution is 2.47. The number of benzene rings is 3. The van der Waals surface area contributed by atoms with Crippen molar-refractivity contribution in [2.24, 2.45) is 5.92 Å². The number of nitrogens with zero attached hydrogens (tertiary/aromatic N) is 1. The molecule has 40 heavy (non-hydrogen) atoms. The zero-order valence-electron chi connectivity index (χ0n) is 22.8. The number of carbonyl (C=O) groups excluding carboxylic acids is 2. The van der Waals surface area contributed by atoms with E-state index in [1.54, 1.807) is 21.1 Å². The quantitative estimate of drug-likeness (QED) is 0.395. The summed E-state index contributed by atoms with van der Waals surface area (Å²) < 4.78 is 24.6. The van der Waals surface area contributed by atoms with Gasteiger partial charge in [-0.1, -0.05) is 79.7 Å². The molecule has 5 rings (SSSR count). The lowest BCUT2D eigenvalue weighted by Crippen LogP contribution is -2.57. The van der Waals surface area contributed by atoms with Gasteiger partial charge in [0.25, 0.3) is 0 Å². The molecule has 2 saturated heterocycles. The smallest absolute Gasteiger partial charge is 0.326 e. The molecule has 210 valence electrons. The SMILES string of the molecule is COc1cccc(C(OCC2OC(N3CC(C)C(=O)NC3=O)CC2O)(c2ccccc2)c2ccccc2)c1OC. The molecular weight excluding hydrogens is 512 g/mol. The number of hydrogen-bond acceptors (Lipinski definition) is 7. The van der Waals surface area contributed by atoms with Crippen LogP contribution in [-0.2, 0) is 19.9 Å². The number of methoxy groups -OCH3 is 2. The average Bonchev–Trinajstić information content (AvgIpc) is 3.36. The highest BCUT2D eigenvalue weighted by molar-refractivity contribution is 5.97. The predicted octanol–water partition coefficient (Wildman–Crippen LogP) is 3.68. The Kier molecular flexibility index (Phi) is 8.07. The number of imide groups is 1. The number of amides is 3. The first-order valence-electron chi connectivity index (χ1n) is 13.3. The molecule has 2 aliphatic heterocycles. The molecular formula is C31H34N2O7. The van der Waals surface area contributed by atoms with Crippen LogP contribution >= 0.6 is 0 Å². The van der Waals surface area contributed by atoms with Crippen molar-refractivity contribution in [2.45, 2.75) is 37.4 Å². The van der Waals surface area contributed by atoms with Crippen molar-refractivity contribution in [2.75, 3.05) is 27.4 Å². The maximum Gasteiger partial charge on any atom is 0.326 e. The number of carbonyl (C=O) groups is 2. The number of ether oxygens (including phenoxy) is 4. The first-order valence-corrected chi connectivity index (χ1v) is 13.3. The summed E-state index contributed by atoms with van der Waals surface area (Å²) in [4.78, 5) is 25.9. The predicted molar refractivity (Wildman–Crippen MR) is 147 cm³/mol. The summed E-state index contributed by atoms with van der Waals surface area (Å²) in [5, 5.41) is 13.4. The minimum absolute atomic E-state index is 0.00572. The van der Waals surface area contributed by atoms with Crippen LogP contribution in [0.15, 0.2) is 78.9 Å². The van der Waals surface area contributed by atoms with Gasteiger partial charge in [0.05, 0.1) is 32.8 Å². The normalized spacial score (nSPS) is 23.1. The van der Waals surface area contributed by atoms with E-state index in [-0.39, 0.29) is 31.4 Å². The summed E-state index contributed by atoms with van der Waals surface area (Å²) in [6, 6.07) is 24.7. The molecule has 0 aromatic heterocycles. The molecule has 3 amide bonds. The van der Waals surface area contributed by atoms with Crippen LogP contribution in [0.2, 0.25) is 0 Å². The highest BCUT2D eigenvalue weighted by Gasteiger charge is 2.46. The van der Waals surface area contributed by atoms with E-state index >= 15 is 0 Å². The van der Waals surface area contributed by atoms with Gasteiger partial charge in [0.1, 0.15) is 17.9 Å². The Labute approximate surface area is 233 Å². The fraction of sp³-hybridized carbons (Fsp3) is 0.355. The number of para-hydroxylation sites is 1. The third-order valence-corrected chi connectivity index (χ3v) is 7.57. The third kappa shape index (κ3) is 5.03. The Morgan fingerprint density at radius 2 is 1.60 bits per heavy atom. The van der Waals surface area contributed by atoms with Gasteiger partial charge in [0.2, 0.25) is 5.91 Å². The van der Waals surface area contributed by atoms with Crippen LogP contribution in [0.25, 0.3) is 0 Å². The zero-order valence-corrected chi connectivity index (χ0v) is 22.8. The lowest BCUT2D eigenvalue weighted by atomic mass is 9.79. The van der Waals surface area contributed by atoms with Gasteiger partial charge in [-0.15, -0.1) is 0 Å². The Bertz CT molecular complexity index is 1290. The van der Waals surface area contributed by atoms with E-state index < -0.39 is 30.1 Å². The third-order valence-electron chi connectivity index (χ3n) is 7.57. The summed E-state index contributed by atoms with van der Waals surface area (Å²) in [6.07, 6.45) is -2.10. The van der Waals surface area contributed by atoms with E-state index in [1.165, 1.54) is 4.90 Å². The molecule has 2 heterocycles. The molecule has 2 N–H and O–H groups in total. The summed E-state index contributed by atoms with van der Waals surface area (Å²) in [5.74, 6) is 0.379. The molecule has 4 unspecified atom stereocenters. The van der Waals surface area contributed by atoms with E-state index in [0.717, 1.165) is 16.7 Å². The summed E-state index contributed by atoms with van der Waals surface area (Å²) in [7, 11) is 3.18. The molecule has 4 atom stereocenters. The van der Waals surface area contributed by atoms with Gasteiger partial charge in [-0.25, -0.2) is 4.79 Å². The number of hydrogen-bond donors (Lipinski definition) is 2. The number of urea groups is 1. The first kappa shape index (κ1) is 27.6. The number of aliphatic hydroxyl groups excluding tert-OH is 1. The maximum absolute atomic E-state index is 12.5. The fourth-order valence-electron chi connectivity index (χ4n) is 5.51. The van der Waals surface area contributed by atoms with Crippen LogP contribution in [0.3, 0.4) is 0 Å². The van der Waals surface area contributed by atoms with Gasteiger partial charge >= 0.3 is 6.03 Å². The molecule has 0 aliphatic carbocycles. The second-order valence-electron chi connectivity index (χ2n) is 10.0. The van der Waals surface area contributed by atoms with Gasteiger partial charge in [-0.3, -0.25) is 15.0 Å². The summed E-state index contributed by atoms with van der Waals surface area (Å²) in [5.41, 5.74) is 1.25. The first-order chi connectivity index (χ1) is 19.4. The molecule has 0 radical (unpaired) electrons. The maximum atomic E-state index is 12.5. The van der Waals surface area contributed by atoms with Crippen LogP contribution in [0.1, 0.15) is 30.0 Å². The Hall–Kier alpha value is -3.92. The second-order valence-corrected chi connectivity index (χ2v) is 10.0. The molecule has 0 saturated carbocycles. The van der Waals surface area contributed by atoms with Crippen LogP contribution in [0.5, 0.6) is 11.5 Å². The van der Waals surface area contributed by atoms with Gasteiger partial charge in [0.15, 0.2) is 11.5 Å². The minimum atomic E-state index is -1.16. The molecule has 2 fully saturated rings. The number of nitrogens with one attached hydrogen (secondary N) is 1. The Morgan fingerprint density at radius 3 is 2.20 bits per heavy atom. The van der Waals surface area contributed by atoms with E-state index in [4.69, 9.17) is 18.9 Å². The van der Waals surface area contributed by atoms with Crippen LogP contribution in [0, 0.1) is 5.92 Å². The lowest BCUT2D eigenvalue weighted by Gasteiger charge is -2.38. The Morgan fingerprint density at radius 1 is 0.950 bits per heavy atom. The monoisotopic (exact) mass is 546 g/mol. The van der Waals surface area contributed by atoms with Gasteiger partial charge < -0.3 is 24.1 Å². The van der Waals surface area contributed by atoms with E-state index in [9.17, 15) is 14.7 Å². The van der Waals surface area contributed by atoms with Crippen LogP contribution < -0.4 is 14.8 Å². The second kappa shape index (κ2) is 11.7. The molecule has 0 bridgehead atoms. The van der Waals surface area contributed by atoms with Crippen molar-refractivity contribution in [3.63, 3.8) is 0 Å². The molecule has 0 spiro atoms. The van der Waals surface area contributed by atoms with Gasteiger partial charge in [-0.05, 0) is 17.2 Å². The number of rotatable bonds is 9. The lowest BCUT2D eigenvalue weighted by molar-refractivity contribution is -0.130.